The van der Waals surface area contributed by atoms with Gasteiger partial charge < -0.3 is 10.6 Å². The van der Waals surface area contributed by atoms with E-state index in [1.807, 2.05) is 11.9 Å². The highest BCUT2D eigenvalue weighted by Crippen LogP contribution is 2.47. The molecule has 0 bridgehead atoms. The van der Waals surface area contributed by atoms with E-state index in [1.165, 1.54) is 0 Å². The summed E-state index contributed by atoms with van der Waals surface area (Å²) in [6, 6.07) is 0.249. The molecule has 0 aromatic rings. The molecule has 1 aliphatic carbocycles. The summed E-state index contributed by atoms with van der Waals surface area (Å²) in [6.07, 6.45) is 2.65. The molecule has 3 nitrogen and oxygen atoms in total. The van der Waals surface area contributed by atoms with Crippen LogP contribution in [0.1, 0.15) is 40.0 Å². The molecule has 1 fully saturated rings. The first-order valence-corrected chi connectivity index (χ1v) is 6.29. The first kappa shape index (κ1) is 13.4. The molecule has 92 valence electrons. The van der Waals surface area contributed by atoms with Crippen LogP contribution in [0.2, 0.25) is 0 Å². The Kier molecular flexibility index (Phi) is 3.94. The van der Waals surface area contributed by atoms with Gasteiger partial charge in [-0.05, 0) is 32.1 Å². The van der Waals surface area contributed by atoms with E-state index >= 15 is 0 Å². The maximum atomic E-state index is 12.3. The second kappa shape index (κ2) is 4.70. The first-order valence-electron chi connectivity index (χ1n) is 5.88. The van der Waals surface area contributed by atoms with Crippen molar-refractivity contribution in [3.05, 3.63) is 0 Å². The van der Waals surface area contributed by atoms with Crippen LogP contribution in [0.4, 0.5) is 0 Å². The molecule has 1 aliphatic rings. The first-order chi connectivity index (χ1) is 7.31. The average molecular weight is 242 g/mol. The number of carbonyl (C=O) groups excluding carboxylic acids is 1. The summed E-state index contributed by atoms with van der Waals surface area (Å²) in [5.41, 5.74) is 5.15. The van der Waals surface area contributed by atoms with E-state index in [4.69, 9.17) is 18.0 Å². The summed E-state index contributed by atoms with van der Waals surface area (Å²) in [4.78, 5) is 14.4. The smallest absolute Gasteiger partial charge is 0.235 e. The molecule has 0 spiro atoms. The van der Waals surface area contributed by atoms with Gasteiger partial charge in [0.1, 0.15) is 0 Å². The minimum atomic E-state index is -0.505. The van der Waals surface area contributed by atoms with Gasteiger partial charge in [0, 0.05) is 13.1 Å². The molecule has 0 aromatic carbocycles. The predicted molar refractivity (Wildman–Crippen MR) is 70.1 cm³/mol. The molecule has 1 amide bonds. The van der Waals surface area contributed by atoms with E-state index in [2.05, 4.69) is 20.8 Å². The minimum Gasteiger partial charge on any atom is -0.392 e. The molecule has 0 aliphatic heterocycles. The zero-order chi connectivity index (χ0) is 12.5. The molecule has 0 heterocycles. The Balaban J connectivity index is 2.64. The van der Waals surface area contributed by atoms with E-state index in [-0.39, 0.29) is 11.9 Å². The zero-order valence-electron chi connectivity index (χ0n) is 10.6. The van der Waals surface area contributed by atoms with E-state index in [0.29, 0.717) is 10.9 Å². The zero-order valence-corrected chi connectivity index (χ0v) is 11.4. The SMILES string of the molecule is CC(C)CC(C)N(C)C(=O)C1(C(N)=S)CC1. The lowest BCUT2D eigenvalue weighted by Crippen LogP contribution is -2.45. The highest BCUT2D eigenvalue weighted by molar-refractivity contribution is 7.80. The lowest BCUT2D eigenvalue weighted by molar-refractivity contribution is -0.135. The van der Waals surface area contributed by atoms with Gasteiger partial charge in [0.05, 0.1) is 10.4 Å². The maximum Gasteiger partial charge on any atom is 0.235 e. The average Bonchev–Trinajstić information content (AvgIpc) is 2.94. The Bertz CT molecular complexity index is 297. The van der Waals surface area contributed by atoms with Gasteiger partial charge in [-0.3, -0.25) is 4.79 Å². The lowest BCUT2D eigenvalue weighted by atomic mass is 10.0. The fourth-order valence-corrected chi connectivity index (χ4v) is 2.36. The summed E-state index contributed by atoms with van der Waals surface area (Å²) < 4.78 is 0. The van der Waals surface area contributed by atoms with Crippen LogP contribution in [0.15, 0.2) is 0 Å². The molecule has 1 unspecified atom stereocenters. The molecule has 1 atom stereocenters. The van der Waals surface area contributed by atoms with Gasteiger partial charge in [0.15, 0.2) is 0 Å². The van der Waals surface area contributed by atoms with Gasteiger partial charge in [-0.1, -0.05) is 26.1 Å². The molecule has 1 saturated carbocycles. The van der Waals surface area contributed by atoms with E-state index in [1.54, 1.807) is 0 Å². The number of hydrogen-bond donors (Lipinski definition) is 1. The summed E-state index contributed by atoms with van der Waals surface area (Å²) >= 11 is 4.99. The fraction of sp³-hybridized carbons (Fsp3) is 0.833. The number of hydrogen-bond acceptors (Lipinski definition) is 2. The molecular weight excluding hydrogens is 220 g/mol. The van der Waals surface area contributed by atoms with Crippen LogP contribution >= 0.6 is 12.2 Å². The molecule has 1 rings (SSSR count). The van der Waals surface area contributed by atoms with Crippen molar-refractivity contribution in [1.29, 1.82) is 0 Å². The summed E-state index contributed by atoms with van der Waals surface area (Å²) in [6.45, 7) is 6.40. The normalized spacial score (nSPS) is 19.3. The number of carbonyl (C=O) groups is 1. The molecule has 16 heavy (non-hydrogen) atoms. The Morgan fingerprint density at radius 2 is 1.94 bits per heavy atom. The molecule has 0 aromatic heterocycles. The topological polar surface area (TPSA) is 46.3 Å². The van der Waals surface area contributed by atoms with Crippen LogP contribution in [-0.2, 0) is 4.79 Å². The van der Waals surface area contributed by atoms with E-state index in [9.17, 15) is 4.79 Å². The van der Waals surface area contributed by atoms with Gasteiger partial charge in [-0.15, -0.1) is 0 Å². The van der Waals surface area contributed by atoms with Crippen LogP contribution in [-0.4, -0.2) is 28.9 Å². The molecule has 0 saturated heterocycles. The highest BCUT2D eigenvalue weighted by Gasteiger charge is 2.54. The largest absolute Gasteiger partial charge is 0.392 e. The second-order valence-electron chi connectivity index (χ2n) is 5.34. The fourth-order valence-electron chi connectivity index (χ4n) is 2.07. The molecule has 4 heteroatoms. The van der Waals surface area contributed by atoms with Crippen LogP contribution in [0.3, 0.4) is 0 Å². The molecular formula is C12H22N2OS. The quantitative estimate of drug-likeness (QED) is 0.750. The number of thiocarbonyl (C=S) groups is 1. The third-order valence-electron chi connectivity index (χ3n) is 3.43. The van der Waals surface area contributed by atoms with Gasteiger partial charge in [0.2, 0.25) is 5.91 Å². The lowest BCUT2D eigenvalue weighted by Gasteiger charge is -2.29. The summed E-state index contributed by atoms with van der Waals surface area (Å²) in [5.74, 6) is 0.693. The van der Waals surface area contributed by atoms with Crippen LogP contribution in [0.25, 0.3) is 0 Å². The third kappa shape index (κ3) is 2.54. The van der Waals surface area contributed by atoms with Crippen LogP contribution < -0.4 is 5.73 Å². The second-order valence-corrected chi connectivity index (χ2v) is 5.78. The minimum absolute atomic E-state index is 0.105. The van der Waals surface area contributed by atoms with Crippen molar-refractivity contribution < 1.29 is 4.79 Å². The van der Waals surface area contributed by atoms with Crippen molar-refractivity contribution in [1.82, 2.24) is 4.90 Å². The van der Waals surface area contributed by atoms with E-state index < -0.39 is 5.41 Å². The highest BCUT2D eigenvalue weighted by atomic mass is 32.1. The Hall–Kier alpha value is -0.640. The standard InChI is InChI=1S/C12H22N2OS/c1-8(2)7-9(3)14(4)11(15)12(5-6-12)10(13)16/h8-9H,5-7H2,1-4H3,(H2,13,16). The Morgan fingerprint density at radius 3 is 2.25 bits per heavy atom. The number of amides is 1. The van der Waals surface area contributed by atoms with Gasteiger partial charge in [-0.2, -0.15) is 0 Å². The van der Waals surface area contributed by atoms with Crippen molar-refractivity contribution in [2.75, 3.05) is 7.05 Å². The number of nitrogens with zero attached hydrogens (tertiary/aromatic N) is 1. The third-order valence-corrected chi connectivity index (χ3v) is 3.82. The van der Waals surface area contributed by atoms with Crippen LogP contribution in [0.5, 0.6) is 0 Å². The van der Waals surface area contributed by atoms with Crippen molar-refractivity contribution >= 4 is 23.1 Å². The van der Waals surface area contributed by atoms with Gasteiger partial charge >= 0.3 is 0 Å². The van der Waals surface area contributed by atoms with Crippen molar-refractivity contribution in [2.45, 2.75) is 46.1 Å². The molecule has 2 N–H and O–H groups in total. The van der Waals surface area contributed by atoms with Gasteiger partial charge in [0.25, 0.3) is 0 Å². The monoisotopic (exact) mass is 242 g/mol. The van der Waals surface area contributed by atoms with Crippen molar-refractivity contribution in [2.24, 2.45) is 17.1 Å². The van der Waals surface area contributed by atoms with E-state index in [0.717, 1.165) is 19.3 Å². The summed E-state index contributed by atoms with van der Waals surface area (Å²) in [5, 5.41) is 0. The van der Waals surface area contributed by atoms with Gasteiger partial charge in [-0.25, -0.2) is 0 Å². The summed E-state index contributed by atoms with van der Waals surface area (Å²) in [7, 11) is 1.85. The van der Waals surface area contributed by atoms with Crippen LogP contribution in [0, 0.1) is 11.3 Å². The predicted octanol–water partition coefficient (Wildman–Crippen LogP) is 1.95. The Morgan fingerprint density at radius 1 is 1.44 bits per heavy atom. The maximum absolute atomic E-state index is 12.3. The molecule has 0 radical (unpaired) electrons. The van der Waals surface area contributed by atoms with Crippen molar-refractivity contribution in [3.8, 4) is 0 Å². The van der Waals surface area contributed by atoms with Crippen molar-refractivity contribution in [3.63, 3.8) is 0 Å². The Labute approximate surface area is 103 Å². The number of rotatable bonds is 5. The number of nitrogens with two attached hydrogens (primary N) is 1.